The molecule has 1 aromatic carbocycles. The lowest BCUT2D eigenvalue weighted by molar-refractivity contribution is -0.131. The van der Waals surface area contributed by atoms with Crippen molar-refractivity contribution < 1.29 is 19.1 Å². The Hall–Kier alpha value is -4.56. The summed E-state index contributed by atoms with van der Waals surface area (Å²) < 4.78 is 13.6. The number of aromatic nitrogens is 5. The number of amides is 1. The van der Waals surface area contributed by atoms with Crippen molar-refractivity contribution in [1.29, 1.82) is 5.26 Å². The predicted molar refractivity (Wildman–Crippen MR) is 141 cm³/mol. The van der Waals surface area contributed by atoms with Crippen LogP contribution in [0.2, 0.25) is 0 Å². The van der Waals surface area contributed by atoms with E-state index in [9.17, 15) is 14.9 Å². The van der Waals surface area contributed by atoms with Crippen LogP contribution >= 0.6 is 0 Å². The van der Waals surface area contributed by atoms with Crippen LogP contribution in [-0.2, 0) is 22.5 Å². The molecule has 0 unspecified atom stereocenters. The first-order chi connectivity index (χ1) is 18.3. The Morgan fingerprint density at radius 3 is 2.68 bits per heavy atom. The van der Waals surface area contributed by atoms with Crippen LogP contribution in [0, 0.1) is 11.3 Å². The molecule has 0 radical (unpaired) electrons. The molecule has 0 aliphatic heterocycles. The zero-order chi connectivity index (χ0) is 27.7. The molecule has 0 spiro atoms. The van der Waals surface area contributed by atoms with E-state index < -0.39 is 0 Å². The van der Waals surface area contributed by atoms with Crippen molar-refractivity contribution in [3.8, 4) is 23.1 Å². The van der Waals surface area contributed by atoms with Crippen LogP contribution in [0.25, 0.3) is 16.9 Å². The number of Topliss-reactive ketones (excluding diaryl/α,β-unsaturated/α-hetero) is 1. The van der Waals surface area contributed by atoms with Gasteiger partial charge in [0.1, 0.15) is 12.3 Å². The molecule has 0 aliphatic carbocycles. The van der Waals surface area contributed by atoms with Gasteiger partial charge < -0.3 is 14.4 Å². The molecular formula is C27H31N7O4. The van der Waals surface area contributed by atoms with Gasteiger partial charge in [0.15, 0.2) is 11.4 Å². The molecule has 0 bridgehead atoms. The van der Waals surface area contributed by atoms with Crippen LogP contribution in [0.1, 0.15) is 35.3 Å². The van der Waals surface area contributed by atoms with Crippen LogP contribution in [0.5, 0.6) is 5.75 Å². The number of hydrogen-bond acceptors (Lipinski definition) is 8. The smallest absolute Gasteiger partial charge is 0.244 e. The number of rotatable bonds is 9. The van der Waals surface area contributed by atoms with Crippen molar-refractivity contribution in [2.75, 3.05) is 34.4 Å². The highest BCUT2D eigenvalue weighted by atomic mass is 16.5. The van der Waals surface area contributed by atoms with E-state index in [0.29, 0.717) is 35.7 Å². The van der Waals surface area contributed by atoms with Gasteiger partial charge in [-0.3, -0.25) is 14.3 Å². The minimum Gasteiger partial charge on any atom is -0.496 e. The van der Waals surface area contributed by atoms with Gasteiger partial charge in [-0.05, 0) is 43.2 Å². The maximum absolute atomic E-state index is 12.3. The van der Waals surface area contributed by atoms with Crippen molar-refractivity contribution in [3.05, 3.63) is 65.7 Å². The van der Waals surface area contributed by atoms with E-state index in [4.69, 9.17) is 9.47 Å². The number of carbonyl (C=O) groups is 2. The molecule has 0 saturated heterocycles. The number of benzene rings is 1. The second kappa shape index (κ2) is 13.1. The molecule has 4 rings (SSSR count). The number of nitriles is 1. The van der Waals surface area contributed by atoms with Crippen molar-refractivity contribution >= 4 is 17.3 Å². The van der Waals surface area contributed by atoms with Gasteiger partial charge in [0, 0.05) is 44.9 Å². The largest absolute Gasteiger partial charge is 0.496 e. The van der Waals surface area contributed by atoms with Crippen molar-refractivity contribution in [2.45, 2.75) is 26.8 Å². The van der Waals surface area contributed by atoms with Gasteiger partial charge in [0.05, 0.1) is 42.8 Å². The topological polar surface area (TPSA) is 128 Å². The Morgan fingerprint density at radius 1 is 1.24 bits per heavy atom. The lowest BCUT2D eigenvalue weighted by atomic mass is 10.0. The Labute approximate surface area is 221 Å². The normalized spacial score (nSPS) is 10.4. The van der Waals surface area contributed by atoms with E-state index in [2.05, 4.69) is 21.3 Å². The summed E-state index contributed by atoms with van der Waals surface area (Å²) >= 11 is 0. The molecule has 11 nitrogen and oxygen atoms in total. The molecule has 0 saturated carbocycles. The van der Waals surface area contributed by atoms with Gasteiger partial charge in [-0.15, -0.1) is 0 Å². The van der Waals surface area contributed by atoms with Gasteiger partial charge in [0.2, 0.25) is 5.91 Å². The lowest BCUT2D eigenvalue weighted by Gasteiger charge is -2.16. The van der Waals surface area contributed by atoms with Crippen molar-refractivity contribution in [1.82, 2.24) is 29.3 Å². The summed E-state index contributed by atoms with van der Waals surface area (Å²) in [5.41, 5.74) is 4.19. The summed E-state index contributed by atoms with van der Waals surface area (Å²) in [7, 11) is 4.93. The Bertz CT molecular complexity index is 1450. The summed E-state index contributed by atoms with van der Waals surface area (Å²) in [6, 6.07) is 9.13. The average molecular weight is 518 g/mol. The minimum atomic E-state index is -0.0449. The molecule has 4 aromatic rings. The van der Waals surface area contributed by atoms with E-state index in [1.165, 1.54) is 13.1 Å². The predicted octanol–water partition coefficient (Wildman–Crippen LogP) is 3.03. The number of methoxy groups -OCH3 is 2. The molecule has 0 fully saturated rings. The fourth-order valence-electron chi connectivity index (χ4n) is 3.68. The monoisotopic (exact) mass is 517 g/mol. The molecular weight excluding hydrogens is 486 g/mol. The van der Waals surface area contributed by atoms with E-state index in [-0.39, 0.29) is 18.2 Å². The molecule has 0 aliphatic rings. The number of hydrogen-bond donors (Lipinski definition) is 0. The first-order valence-corrected chi connectivity index (χ1v) is 12.0. The van der Waals surface area contributed by atoms with E-state index in [1.807, 2.05) is 13.1 Å². The molecule has 1 amide bonds. The third-order valence-electron chi connectivity index (χ3n) is 5.81. The van der Waals surface area contributed by atoms with Gasteiger partial charge in [-0.1, -0.05) is 6.92 Å². The molecule has 11 heteroatoms. The van der Waals surface area contributed by atoms with Gasteiger partial charge in [-0.2, -0.15) is 15.5 Å². The average Bonchev–Trinajstić information content (AvgIpc) is 3.55. The Kier molecular flexibility index (Phi) is 9.67. The first kappa shape index (κ1) is 28.0. The highest BCUT2D eigenvalue weighted by molar-refractivity contribution is 5.99. The van der Waals surface area contributed by atoms with Gasteiger partial charge in [-0.25, -0.2) is 9.50 Å². The summed E-state index contributed by atoms with van der Waals surface area (Å²) in [5, 5.41) is 17.7. The number of likely N-dealkylation sites (N-methyl/N-ethyl adjacent to an activating group) is 1. The van der Waals surface area contributed by atoms with Crippen molar-refractivity contribution in [3.63, 3.8) is 0 Å². The zero-order valence-electron chi connectivity index (χ0n) is 22.2. The standard InChI is InChI=1S/C19H24N4O3.C8H7N3O/c1-5-15-12-23(13-18(24)22(2)8-9-25-3)21-19(15)16-10-14(11-20)6-7-17(16)26-4;1-6(12)7-5-10-11-4-2-3-9-8(7)11/h6-7,10,12H,5,8-9,13H2,1-4H3;2-5H,1H3. The SMILES string of the molecule is CC(=O)c1cnn2cccnc12.CCc1cn(CC(=O)N(C)CCOC)nc1-c1cc(C#N)ccc1OC. The lowest BCUT2D eigenvalue weighted by Crippen LogP contribution is -2.32. The molecule has 0 N–H and O–H groups in total. The molecule has 3 aromatic heterocycles. The number of ether oxygens (including phenoxy) is 2. The van der Waals surface area contributed by atoms with E-state index in [0.717, 1.165) is 23.2 Å². The summed E-state index contributed by atoms with van der Waals surface area (Å²) in [4.78, 5) is 29.0. The number of fused-ring (bicyclic) bond motifs is 1. The Balaban J connectivity index is 0.000000275. The summed E-state index contributed by atoms with van der Waals surface area (Å²) in [6.07, 6.45) is 7.56. The highest BCUT2D eigenvalue weighted by Crippen LogP contribution is 2.32. The third-order valence-corrected chi connectivity index (χ3v) is 5.81. The number of carbonyl (C=O) groups excluding carboxylic acids is 2. The fraction of sp³-hybridized carbons (Fsp3) is 0.333. The van der Waals surface area contributed by atoms with Crippen LogP contribution in [0.4, 0.5) is 0 Å². The molecule has 3 heterocycles. The highest BCUT2D eigenvalue weighted by Gasteiger charge is 2.17. The minimum absolute atomic E-state index is 0.0105. The van der Waals surface area contributed by atoms with E-state index >= 15 is 0 Å². The van der Waals surface area contributed by atoms with Crippen molar-refractivity contribution in [2.24, 2.45) is 0 Å². The summed E-state index contributed by atoms with van der Waals surface area (Å²) in [5.74, 6) is 0.590. The van der Waals surface area contributed by atoms with Gasteiger partial charge >= 0.3 is 0 Å². The van der Waals surface area contributed by atoms with Crippen LogP contribution in [0.3, 0.4) is 0 Å². The van der Waals surface area contributed by atoms with Crippen LogP contribution in [-0.4, -0.2) is 75.4 Å². The van der Waals surface area contributed by atoms with Crippen LogP contribution in [0.15, 0.2) is 49.1 Å². The number of aryl methyl sites for hydroxylation is 1. The Morgan fingerprint density at radius 2 is 2.03 bits per heavy atom. The van der Waals surface area contributed by atoms with E-state index in [1.54, 1.807) is 72.0 Å². The first-order valence-electron chi connectivity index (χ1n) is 12.0. The van der Waals surface area contributed by atoms with Gasteiger partial charge in [0.25, 0.3) is 0 Å². The number of nitrogens with zero attached hydrogens (tertiary/aromatic N) is 7. The summed E-state index contributed by atoms with van der Waals surface area (Å²) in [6.45, 7) is 4.70. The zero-order valence-corrected chi connectivity index (χ0v) is 22.2. The number of ketones is 1. The maximum atomic E-state index is 12.3. The van der Waals surface area contributed by atoms with Crippen LogP contribution < -0.4 is 4.74 Å². The quantitative estimate of drug-likeness (QED) is 0.310. The fourth-order valence-corrected chi connectivity index (χ4v) is 3.68. The third kappa shape index (κ3) is 6.60. The molecule has 38 heavy (non-hydrogen) atoms. The second-order valence-electron chi connectivity index (χ2n) is 8.39. The molecule has 198 valence electrons. The second-order valence-corrected chi connectivity index (χ2v) is 8.39. The molecule has 0 atom stereocenters. The maximum Gasteiger partial charge on any atom is 0.244 e.